The van der Waals surface area contributed by atoms with Gasteiger partial charge in [0.05, 0.1) is 0 Å². The van der Waals surface area contributed by atoms with Gasteiger partial charge in [0.15, 0.2) is 0 Å². The lowest BCUT2D eigenvalue weighted by Crippen LogP contribution is -2.47. The minimum absolute atomic E-state index is 0.844. The summed E-state index contributed by atoms with van der Waals surface area (Å²) in [5.41, 5.74) is 6.79. The molecule has 0 atom stereocenters. The Morgan fingerprint density at radius 2 is 1.53 bits per heavy atom. The fourth-order valence-electron chi connectivity index (χ4n) is 4.64. The van der Waals surface area contributed by atoms with Crippen LogP contribution in [0.25, 0.3) is 0 Å². The maximum absolute atomic E-state index is 4.97. The Morgan fingerprint density at radius 1 is 0.767 bits per heavy atom. The van der Waals surface area contributed by atoms with Crippen LogP contribution < -0.4 is 14.7 Å². The second-order valence-electron chi connectivity index (χ2n) is 8.29. The van der Waals surface area contributed by atoms with E-state index in [9.17, 15) is 0 Å². The third-order valence-corrected chi connectivity index (χ3v) is 6.49. The Balaban J connectivity index is 1.33. The maximum atomic E-state index is 4.97. The lowest BCUT2D eigenvalue weighted by Gasteiger charge is -2.37. The van der Waals surface area contributed by atoms with Gasteiger partial charge in [0, 0.05) is 50.3 Å². The van der Waals surface area contributed by atoms with Crippen LogP contribution in [0.5, 0.6) is 0 Å². The van der Waals surface area contributed by atoms with E-state index in [4.69, 9.17) is 4.98 Å². The Hall–Kier alpha value is -3.08. The topological polar surface area (TPSA) is 35.5 Å². The average Bonchev–Trinajstić information content (AvgIpc) is 2.81. The fourth-order valence-corrected chi connectivity index (χ4v) is 4.64. The standard InChI is InChI=1S/C25H29N5/c1-19-7-5-11-22(20(19)2)28-15-17-29(18-16-28)25-26-13-12-24(27-25)30-14-6-9-21-8-3-4-10-23(21)30/h3-5,7-8,10-13H,6,9,14-18H2,1-2H3. The van der Waals surface area contributed by atoms with Crippen molar-refractivity contribution in [3.8, 4) is 0 Å². The van der Waals surface area contributed by atoms with E-state index < -0.39 is 0 Å². The van der Waals surface area contributed by atoms with Gasteiger partial charge in [-0.25, -0.2) is 4.98 Å². The van der Waals surface area contributed by atoms with Gasteiger partial charge >= 0.3 is 0 Å². The molecule has 2 aliphatic rings. The van der Waals surface area contributed by atoms with Crippen molar-refractivity contribution in [3.63, 3.8) is 0 Å². The van der Waals surface area contributed by atoms with E-state index in [0.29, 0.717) is 0 Å². The number of nitrogens with zero attached hydrogens (tertiary/aromatic N) is 5. The van der Waals surface area contributed by atoms with E-state index in [1.165, 1.54) is 28.1 Å². The minimum Gasteiger partial charge on any atom is -0.368 e. The molecular weight excluding hydrogens is 370 g/mol. The van der Waals surface area contributed by atoms with Crippen molar-refractivity contribution in [1.82, 2.24) is 9.97 Å². The van der Waals surface area contributed by atoms with Gasteiger partial charge in [-0.15, -0.1) is 0 Å². The molecule has 5 nitrogen and oxygen atoms in total. The van der Waals surface area contributed by atoms with Crippen LogP contribution in [0, 0.1) is 13.8 Å². The molecule has 0 amide bonds. The highest BCUT2D eigenvalue weighted by atomic mass is 15.3. The van der Waals surface area contributed by atoms with Crippen molar-refractivity contribution >= 4 is 23.1 Å². The number of para-hydroxylation sites is 1. The highest BCUT2D eigenvalue weighted by Gasteiger charge is 2.23. The van der Waals surface area contributed by atoms with Gasteiger partial charge in [-0.1, -0.05) is 30.3 Å². The highest BCUT2D eigenvalue weighted by Crippen LogP contribution is 2.33. The monoisotopic (exact) mass is 399 g/mol. The Labute approximate surface area is 179 Å². The molecule has 2 aliphatic heterocycles. The summed E-state index contributed by atoms with van der Waals surface area (Å²) in [6.07, 6.45) is 4.21. The third-order valence-electron chi connectivity index (χ3n) is 6.49. The summed E-state index contributed by atoms with van der Waals surface area (Å²) >= 11 is 0. The summed E-state index contributed by atoms with van der Waals surface area (Å²) in [5, 5.41) is 0. The Kier molecular flexibility index (Phi) is 5.03. The van der Waals surface area contributed by atoms with Crippen LogP contribution in [-0.2, 0) is 6.42 Å². The van der Waals surface area contributed by atoms with Crippen molar-refractivity contribution in [3.05, 3.63) is 71.4 Å². The van der Waals surface area contributed by atoms with E-state index in [0.717, 1.165) is 57.3 Å². The van der Waals surface area contributed by atoms with E-state index in [1.54, 1.807) is 0 Å². The zero-order chi connectivity index (χ0) is 20.5. The molecule has 0 unspecified atom stereocenters. The van der Waals surface area contributed by atoms with Gasteiger partial charge in [-0.05, 0) is 61.6 Å². The van der Waals surface area contributed by atoms with Crippen LogP contribution in [-0.4, -0.2) is 42.7 Å². The summed E-state index contributed by atoms with van der Waals surface area (Å²) in [6, 6.07) is 17.3. The number of fused-ring (bicyclic) bond motifs is 1. The SMILES string of the molecule is Cc1cccc(N2CCN(c3nccc(N4CCCc5ccccc54)n3)CC2)c1C. The van der Waals surface area contributed by atoms with Gasteiger partial charge in [-0.3, -0.25) is 0 Å². The Bertz CT molecular complexity index is 1040. The van der Waals surface area contributed by atoms with E-state index in [-0.39, 0.29) is 0 Å². The normalized spacial score (nSPS) is 16.5. The summed E-state index contributed by atoms with van der Waals surface area (Å²) < 4.78 is 0. The summed E-state index contributed by atoms with van der Waals surface area (Å²) in [4.78, 5) is 16.7. The molecule has 0 aliphatic carbocycles. The number of aromatic nitrogens is 2. The van der Waals surface area contributed by atoms with Crippen LogP contribution in [0.3, 0.4) is 0 Å². The molecule has 1 saturated heterocycles. The minimum atomic E-state index is 0.844. The molecule has 0 N–H and O–H groups in total. The Morgan fingerprint density at radius 3 is 2.40 bits per heavy atom. The zero-order valence-corrected chi connectivity index (χ0v) is 17.9. The molecule has 5 heteroatoms. The molecule has 1 fully saturated rings. The van der Waals surface area contributed by atoms with Crippen molar-refractivity contribution in [2.24, 2.45) is 0 Å². The van der Waals surface area contributed by atoms with Crippen LogP contribution in [0.15, 0.2) is 54.7 Å². The van der Waals surface area contributed by atoms with Crippen LogP contribution >= 0.6 is 0 Å². The highest BCUT2D eigenvalue weighted by molar-refractivity contribution is 5.66. The number of rotatable bonds is 3. The number of hydrogen-bond acceptors (Lipinski definition) is 5. The smallest absolute Gasteiger partial charge is 0.227 e. The molecule has 0 saturated carbocycles. The predicted molar refractivity (Wildman–Crippen MR) is 124 cm³/mol. The number of piperazine rings is 1. The first-order chi connectivity index (χ1) is 14.7. The summed E-state index contributed by atoms with van der Waals surface area (Å²) in [7, 11) is 0. The van der Waals surface area contributed by atoms with Crippen molar-refractivity contribution < 1.29 is 0 Å². The summed E-state index contributed by atoms with van der Waals surface area (Å²) in [6.45, 7) is 9.27. The number of hydrogen-bond donors (Lipinski definition) is 0. The first-order valence-corrected chi connectivity index (χ1v) is 11.0. The predicted octanol–water partition coefficient (Wildman–Crippen LogP) is 4.50. The third kappa shape index (κ3) is 3.49. The molecule has 154 valence electrons. The number of aryl methyl sites for hydroxylation is 2. The number of benzene rings is 2. The molecular formula is C25H29N5. The molecule has 5 rings (SSSR count). The van der Waals surface area contributed by atoms with Gasteiger partial charge in [0.1, 0.15) is 5.82 Å². The largest absolute Gasteiger partial charge is 0.368 e. The lowest BCUT2D eigenvalue weighted by molar-refractivity contribution is 0.638. The summed E-state index contributed by atoms with van der Waals surface area (Å²) in [5.74, 6) is 1.85. The van der Waals surface area contributed by atoms with Gasteiger partial charge in [-0.2, -0.15) is 4.98 Å². The zero-order valence-electron chi connectivity index (χ0n) is 17.9. The average molecular weight is 400 g/mol. The number of anilines is 4. The van der Waals surface area contributed by atoms with E-state index in [1.807, 2.05) is 12.3 Å². The second kappa shape index (κ2) is 7.98. The molecule has 0 spiro atoms. The van der Waals surface area contributed by atoms with E-state index >= 15 is 0 Å². The molecule has 0 radical (unpaired) electrons. The van der Waals surface area contributed by atoms with Crippen LogP contribution in [0.1, 0.15) is 23.1 Å². The first kappa shape index (κ1) is 18.9. The van der Waals surface area contributed by atoms with Crippen molar-refractivity contribution in [2.75, 3.05) is 47.4 Å². The van der Waals surface area contributed by atoms with E-state index in [2.05, 4.69) is 76.0 Å². The quantitative estimate of drug-likeness (QED) is 0.648. The molecule has 30 heavy (non-hydrogen) atoms. The van der Waals surface area contributed by atoms with Crippen molar-refractivity contribution in [1.29, 1.82) is 0 Å². The molecule has 0 bridgehead atoms. The van der Waals surface area contributed by atoms with Gasteiger partial charge < -0.3 is 14.7 Å². The van der Waals surface area contributed by atoms with Crippen LogP contribution in [0.4, 0.5) is 23.1 Å². The molecule has 3 aromatic rings. The fraction of sp³-hybridized carbons (Fsp3) is 0.360. The first-order valence-electron chi connectivity index (χ1n) is 11.0. The molecule has 2 aromatic carbocycles. The van der Waals surface area contributed by atoms with Crippen LogP contribution in [0.2, 0.25) is 0 Å². The maximum Gasteiger partial charge on any atom is 0.227 e. The van der Waals surface area contributed by atoms with Crippen molar-refractivity contribution in [2.45, 2.75) is 26.7 Å². The lowest BCUT2D eigenvalue weighted by atomic mass is 10.0. The molecule has 1 aromatic heterocycles. The van der Waals surface area contributed by atoms with Gasteiger partial charge in [0.25, 0.3) is 0 Å². The molecule has 3 heterocycles. The second-order valence-corrected chi connectivity index (χ2v) is 8.29. The van der Waals surface area contributed by atoms with Gasteiger partial charge in [0.2, 0.25) is 5.95 Å².